The zero-order valence-electron chi connectivity index (χ0n) is 11.9. The van der Waals surface area contributed by atoms with Crippen molar-refractivity contribution in [2.75, 3.05) is 14.2 Å². The lowest BCUT2D eigenvalue weighted by Gasteiger charge is -2.28. The number of carbonyl (C=O) groups excluding carboxylic acids is 1. The van der Waals surface area contributed by atoms with E-state index in [1.165, 1.54) is 7.11 Å². The van der Waals surface area contributed by atoms with Crippen LogP contribution in [0.1, 0.15) is 36.7 Å². The summed E-state index contributed by atoms with van der Waals surface area (Å²) in [6.45, 7) is 7.36. The average Bonchev–Trinajstić information content (AvgIpc) is 2.37. The topological polar surface area (TPSA) is 29.5 Å². The molecule has 0 aliphatic heterocycles. The van der Waals surface area contributed by atoms with E-state index in [9.17, 15) is 4.79 Å². The van der Waals surface area contributed by atoms with Crippen molar-refractivity contribution in [1.29, 1.82) is 0 Å². The summed E-state index contributed by atoms with van der Waals surface area (Å²) in [5.74, 6) is 0.316. The SMILES string of the molecule is COC(=O)c1ccccc1CN(C)C(C)C(C)C. The second kappa shape index (κ2) is 6.55. The second-order valence-electron chi connectivity index (χ2n) is 5.05. The molecule has 1 rings (SSSR count). The zero-order valence-corrected chi connectivity index (χ0v) is 11.9. The number of ether oxygens (including phenoxy) is 1. The highest BCUT2D eigenvalue weighted by Crippen LogP contribution is 2.16. The number of hydrogen-bond acceptors (Lipinski definition) is 3. The van der Waals surface area contributed by atoms with Gasteiger partial charge in [0.05, 0.1) is 12.7 Å². The molecular formula is C15H23NO2. The summed E-state index contributed by atoms with van der Waals surface area (Å²) >= 11 is 0. The Morgan fingerprint density at radius 3 is 2.44 bits per heavy atom. The molecule has 0 aromatic heterocycles. The maximum atomic E-state index is 11.7. The minimum Gasteiger partial charge on any atom is -0.465 e. The molecule has 0 saturated heterocycles. The molecule has 0 N–H and O–H groups in total. The molecule has 0 spiro atoms. The van der Waals surface area contributed by atoms with Crippen LogP contribution in [0.5, 0.6) is 0 Å². The predicted octanol–water partition coefficient (Wildman–Crippen LogP) is 2.95. The van der Waals surface area contributed by atoms with Gasteiger partial charge in [-0.1, -0.05) is 32.0 Å². The predicted molar refractivity (Wildman–Crippen MR) is 73.5 cm³/mol. The molecule has 1 aromatic carbocycles. The van der Waals surface area contributed by atoms with Gasteiger partial charge >= 0.3 is 5.97 Å². The van der Waals surface area contributed by atoms with Gasteiger partial charge in [-0.3, -0.25) is 4.90 Å². The largest absolute Gasteiger partial charge is 0.465 e. The van der Waals surface area contributed by atoms with E-state index in [1.54, 1.807) is 0 Å². The lowest BCUT2D eigenvalue weighted by atomic mass is 10.0. The lowest BCUT2D eigenvalue weighted by Crippen LogP contribution is -2.33. The van der Waals surface area contributed by atoms with Crippen molar-refractivity contribution in [3.05, 3.63) is 35.4 Å². The molecule has 0 radical (unpaired) electrons. The highest BCUT2D eigenvalue weighted by Gasteiger charge is 2.17. The molecule has 3 nitrogen and oxygen atoms in total. The Bertz CT molecular complexity index is 401. The van der Waals surface area contributed by atoms with Gasteiger partial charge in [-0.15, -0.1) is 0 Å². The molecule has 1 atom stereocenters. The van der Waals surface area contributed by atoms with Crippen LogP contribution in [0.4, 0.5) is 0 Å². The van der Waals surface area contributed by atoms with Crippen molar-refractivity contribution >= 4 is 5.97 Å². The van der Waals surface area contributed by atoms with Gasteiger partial charge in [0, 0.05) is 12.6 Å². The number of esters is 1. The van der Waals surface area contributed by atoms with Crippen molar-refractivity contribution in [2.24, 2.45) is 5.92 Å². The Balaban J connectivity index is 2.87. The summed E-state index contributed by atoms with van der Waals surface area (Å²) in [6.07, 6.45) is 0. The van der Waals surface area contributed by atoms with Gasteiger partial charge in [0.2, 0.25) is 0 Å². The van der Waals surface area contributed by atoms with Crippen LogP contribution in [0, 0.1) is 5.92 Å². The van der Waals surface area contributed by atoms with Gasteiger partial charge in [-0.05, 0) is 31.5 Å². The van der Waals surface area contributed by atoms with Crippen LogP contribution in [-0.4, -0.2) is 31.1 Å². The van der Waals surface area contributed by atoms with Crippen molar-refractivity contribution in [1.82, 2.24) is 4.90 Å². The number of carbonyl (C=O) groups is 1. The van der Waals surface area contributed by atoms with E-state index in [1.807, 2.05) is 24.3 Å². The third kappa shape index (κ3) is 3.57. The van der Waals surface area contributed by atoms with Gasteiger partial charge in [0.1, 0.15) is 0 Å². The summed E-state index contributed by atoms with van der Waals surface area (Å²) in [4.78, 5) is 13.9. The van der Waals surface area contributed by atoms with Crippen LogP contribution >= 0.6 is 0 Å². The van der Waals surface area contributed by atoms with Crippen LogP contribution in [0.2, 0.25) is 0 Å². The lowest BCUT2D eigenvalue weighted by molar-refractivity contribution is 0.0598. The smallest absolute Gasteiger partial charge is 0.338 e. The molecule has 0 amide bonds. The molecule has 1 aromatic rings. The summed E-state index contributed by atoms with van der Waals surface area (Å²) in [5, 5.41) is 0. The first-order valence-corrected chi connectivity index (χ1v) is 6.33. The monoisotopic (exact) mass is 249 g/mol. The van der Waals surface area contributed by atoms with Crippen molar-refractivity contribution in [3.8, 4) is 0 Å². The fourth-order valence-corrected chi connectivity index (χ4v) is 1.89. The summed E-state index contributed by atoms with van der Waals surface area (Å²) in [5.41, 5.74) is 1.67. The highest BCUT2D eigenvalue weighted by molar-refractivity contribution is 5.90. The Morgan fingerprint density at radius 2 is 1.89 bits per heavy atom. The Hall–Kier alpha value is -1.35. The van der Waals surface area contributed by atoms with Crippen LogP contribution < -0.4 is 0 Å². The number of benzene rings is 1. The number of nitrogens with zero attached hydrogens (tertiary/aromatic N) is 1. The van der Waals surface area contributed by atoms with Crippen molar-refractivity contribution in [3.63, 3.8) is 0 Å². The molecule has 1 unspecified atom stereocenters. The van der Waals surface area contributed by atoms with E-state index < -0.39 is 0 Å². The third-order valence-electron chi connectivity index (χ3n) is 3.50. The normalized spacial score (nSPS) is 12.8. The van der Waals surface area contributed by atoms with E-state index in [0.717, 1.165) is 12.1 Å². The minimum absolute atomic E-state index is 0.267. The number of rotatable bonds is 5. The summed E-state index contributed by atoms with van der Waals surface area (Å²) < 4.78 is 4.81. The van der Waals surface area contributed by atoms with E-state index >= 15 is 0 Å². The first-order chi connectivity index (χ1) is 8.47. The standard InChI is InChI=1S/C15H23NO2/c1-11(2)12(3)16(4)10-13-8-6-7-9-14(13)15(17)18-5/h6-9,11-12H,10H2,1-5H3. The van der Waals surface area contributed by atoms with Gasteiger partial charge in [-0.25, -0.2) is 4.79 Å². The second-order valence-corrected chi connectivity index (χ2v) is 5.05. The van der Waals surface area contributed by atoms with Crippen LogP contribution in [-0.2, 0) is 11.3 Å². The number of hydrogen-bond donors (Lipinski definition) is 0. The zero-order chi connectivity index (χ0) is 13.7. The quantitative estimate of drug-likeness (QED) is 0.751. The molecule has 0 bridgehead atoms. The molecule has 18 heavy (non-hydrogen) atoms. The average molecular weight is 249 g/mol. The van der Waals surface area contributed by atoms with Gasteiger partial charge in [0.15, 0.2) is 0 Å². The third-order valence-corrected chi connectivity index (χ3v) is 3.50. The Labute approximate surface area is 110 Å². The maximum absolute atomic E-state index is 11.7. The van der Waals surface area contributed by atoms with E-state index in [4.69, 9.17) is 4.74 Å². The first-order valence-electron chi connectivity index (χ1n) is 6.33. The Kier molecular flexibility index (Phi) is 5.35. The van der Waals surface area contributed by atoms with E-state index in [2.05, 4.69) is 32.7 Å². The fourth-order valence-electron chi connectivity index (χ4n) is 1.89. The molecule has 100 valence electrons. The van der Waals surface area contributed by atoms with Crippen LogP contribution in [0.25, 0.3) is 0 Å². The molecule has 0 saturated carbocycles. The molecule has 0 aliphatic rings. The van der Waals surface area contributed by atoms with Gasteiger partial charge < -0.3 is 4.74 Å². The van der Waals surface area contributed by atoms with Crippen LogP contribution in [0.3, 0.4) is 0 Å². The molecule has 0 heterocycles. The molecular weight excluding hydrogens is 226 g/mol. The summed E-state index contributed by atoms with van der Waals surface area (Å²) in [6, 6.07) is 8.08. The fraction of sp³-hybridized carbons (Fsp3) is 0.533. The van der Waals surface area contributed by atoms with Crippen LogP contribution in [0.15, 0.2) is 24.3 Å². The highest BCUT2D eigenvalue weighted by atomic mass is 16.5. The molecule has 3 heteroatoms. The van der Waals surface area contributed by atoms with Gasteiger partial charge in [-0.2, -0.15) is 0 Å². The number of methoxy groups -OCH3 is 1. The van der Waals surface area contributed by atoms with Gasteiger partial charge in [0.25, 0.3) is 0 Å². The van der Waals surface area contributed by atoms with E-state index in [-0.39, 0.29) is 5.97 Å². The minimum atomic E-state index is -0.267. The van der Waals surface area contributed by atoms with Crippen molar-refractivity contribution in [2.45, 2.75) is 33.4 Å². The van der Waals surface area contributed by atoms with Crippen molar-refractivity contribution < 1.29 is 9.53 Å². The first kappa shape index (κ1) is 14.7. The molecule has 0 aliphatic carbocycles. The summed E-state index contributed by atoms with van der Waals surface area (Å²) in [7, 11) is 3.50. The molecule has 0 fully saturated rings. The van der Waals surface area contributed by atoms with E-state index in [0.29, 0.717) is 17.5 Å². The Morgan fingerprint density at radius 1 is 1.28 bits per heavy atom. The maximum Gasteiger partial charge on any atom is 0.338 e.